The molecular weight excluding hydrogens is 634 g/mol. The molecule has 0 spiro atoms. The van der Waals surface area contributed by atoms with Crippen LogP contribution in [0.25, 0.3) is 0 Å². The van der Waals surface area contributed by atoms with Crippen LogP contribution in [0.4, 0.5) is 10.5 Å². The molecule has 3 rings (SSSR count). The zero-order chi connectivity index (χ0) is 35.1. The van der Waals surface area contributed by atoms with Crippen molar-refractivity contribution in [2.24, 2.45) is 0 Å². The molecule has 0 aliphatic carbocycles. The Hall–Kier alpha value is -4.18. The monoisotopic (exact) mass is 681 g/mol. The van der Waals surface area contributed by atoms with E-state index in [0.717, 1.165) is 19.3 Å². The summed E-state index contributed by atoms with van der Waals surface area (Å²) in [6, 6.07) is 7.36. The molecule has 2 aromatic carbocycles. The molecule has 10 nitrogen and oxygen atoms in total. The quantitative estimate of drug-likeness (QED) is 0.0359. The van der Waals surface area contributed by atoms with E-state index in [-0.39, 0.29) is 34.1 Å². The number of halogens is 1. The Morgan fingerprint density at radius 3 is 1.94 bits per heavy atom. The first kappa shape index (κ1) is 38.3. The largest absolute Gasteiger partial charge is 0.497 e. The number of esters is 1. The fourth-order valence-electron chi connectivity index (χ4n) is 5.41. The predicted octanol–water partition coefficient (Wildman–Crippen LogP) is 8.24. The van der Waals surface area contributed by atoms with Gasteiger partial charge >= 0.3 is 12.0 Å². The number of urea groups is 1. The molecule has 4 amide bonds. The van der Waals surface area contributed by atoms with Gasteiger partial charge in [-0.25, -0.2) is 14.5 Å². The summed E-state index contributed by atoms with van der Waals surface area (Å²) < 4.78 is 10.6. The Labute approximate surface area is 288 Å². The third kappa shape index (κ3) is 10.9. The van der Waals surface area contributed by atoms with Gasteiger partial charge in [-0.15, -0.1) is 0 Å². The lowest BCUT2D eigenvalue weighted by atomic mass is 10.0. The van der Waals surface area contributed by atoms with E-state index in [1.54, 1.807) is 13.8 Å². The second kappa shape index (κ2) is 19.6. The number of nitrogens with zero attached hydrogens (tertiary/aromatic N) is 1. The van der Waals surface area contributed by atoms with Gasteiger partial charge in [-0.2, -0.15) is 0 Å². The second-order valence-corrected chi connectivity index (χ2v) is 12.6. The number of Topliss-reactive ketones (excluding diaryl/α,β-unsaturated/α-hetero) is 1. The van der Waals surface area contributed by atoms with Crippen LogP contribution >= 0.6 is 11.6 Å². The number of carbonyl (C=O) groups excluding carboxylic acids is 5. The number of ether oxygens (including phenoxy) is 2. The maximum absolute atomic E-state index is 13.7. The van der Waals surface area contributed by atoms with Gasteiger partial charge in [-0.3, -0.25) is 14.4 Å². The van der Waals surface area contributed by atoms with Crippen LogP contribution in [-0.4, -0.2) is 54.3 Å². The van der Waals surface area contributed by atoms with Crippen molar-refractivity contribution in [3.63, 3.8) is 0 Å². The van der Waals surface area contributed by atoms with E-state index in [2.05, 4.69) is 17.6 Å². The van der Waals surface area contributed by atoms with Gasteiger partial charge in [-0.05, 0) is 68.3 Å². The number of imide groups is 1. The van der Waals surface area contributed by atoms with E-state index in [1.165, 1.54) is 107 Å². The summed E-state index contributed by atoms with van der Waals surface area (Å²) in [5.41, 5.74) is 0.723. The summed E-state index contributed by atoms with van der Waals surface area (Å²) in [7, 11) is 1.47. The van der Waals surface area contributed by atoms with Crippen LogP contribution in [0, 0.1) is 0 Å². The highest BCUT2D eigenvalue weighted by Crippen LogP contribution is 2.27. The van der Waals surface area contributed by atoms with Gasteiger partial charge < -0.3 is 20.1 Å². The summed E-state index contributed by atoms with van der Waals surface area (Å²) in [6.07, 6.45) is 14.4. The third-order valence-corrected chi connectivity index (χ3v) is 8.53. The van der Waals surface area contributed by atoms with Crippen molar-refractivity contribution in [3.8, 4) is 5.75 Å². The molecule has 1 aliphatic heterocycles. The number of anilines is 1. The van der Waals surface area contributed by atoms with Crippen molar-refractivity contribution in [2.75, 3.05) is 19.0 Å². The summed E-state index contributed by atoms with van der Waals surface area (Å²) in [5, 5.41) is 5.07. The maximum Gasteiger partial charge on any atom is 0.338 e. The first-order valence-corrected chi connectivity index (χ1v) is 17.2. The molecule has 1 aliphatic rings. The normalized spacial score (nSPS) is 13.3. The lowest BCUT2D eigenvalue weighted by Gasteiger charge is -2.23. The smallest absolute Gasteiger partial charge is 0.338 e. The molecule has 1 fully saturated rings. The zero-order valence-corrected chi connectivity index (χ0v) is 29.3. The fourth-order valence-corrected chi connectivity index (χ4v) is 5.58. The van der Waals surface area contributed by atoms with Crippen LogP contribution in [0.5, 0.6) is 5.75 Å². The number of amides is 4. The third-order valence-electron chi connectivity index (χ3n) is 8.20. The SMILES string of the molecule is CCCCCCCCCCCCCCOC(=O)c1ccc(Cl)c(NC(=O)C(C(=O)c2ccc(OC)cc2)N2C(=O)NC(=C(C)C)C2=O)c1. The van der Waals surface area contributed by atoms with Crippen LogP contribution in [0.2, 0.25) is 5.02 Å². The van der Waals surface area contributed by atoms with E-state index in [0.29, 0.717) is 16.2 Å². The van der Waals surface area contributed by atoms with Crippen molar-refractivity contribution in [1.29, 1.82) is 0 Å². The number of hydrogen-bond donors (Lipinski definition) is 2. The van der Waals surface area contributed by atoms with E-state index < -0.39 is 35.6 Å². The Morgan fingerprint density at radius 1 is 0.833 bits per heavy atom. The number of hydrogen-bond acceptors (Lipinski definition) is 7. The predicted molar refractivity (Wildman–Crippen MR) is 186 cm³/mol. The molecule has 11 heteroatoms. The molecule has 48 heavy (non-hydrogen) atoms. The number of benzene rings is 2. The molecule has 0 radical (unpaired) electrons. The van der Waals surface area contributed by atoms with Gasteiger partial charge in [0.2, 0.25) is 0 Å². The van der Waals surface area contributed by atoms with Crippen LogP contribution in [-0.2, 0) is 14.3 Å². The molecule has 0 aromatic heterocycles. The van der Waals surface area contributed by atoms with Crippen LogP contribution in [0.3, 0.4) is 0 Å². The van der Waals surface area contributed by atoms with Crippen molar-refractivity contribution in [1.82, 2.24) is 10.2 Å². The first-order chi connectivity index (χ1) is 23.1. The van der Waals surface area contributed by atoms with Gasteiger partial charge in [0.15, 0.2) is 11.8 Å². The molecule has 1 atom stereocenters. The second-order valence-electron chi connectivity index (χ2n) is 12.2. The minimum Gasteiger partial charge on any atom is -0.497 e. The van der Waals surface area contributed by atoms with Crippen molar-refractivity contribution < 1.29 is 33.4 Å². The summed E-state index contributed by atoms with van der Waals surface area (Å²) in [6.45, 7) is 5.74. The molecule has 260 valence electrons. The van der Waals surface area contributed by atoms with Crippen molar-refractivity contribution >= 4 is 46.9 Å². The minimum atomic E-state index is -1.87. The number of unbranched alkanes of at least 4 members (excludes halogenated alkanes) is 11. The molecule has 1 saturated heterocycles. The zero-order valence-electron chi connectivity index (χ0n) is 28.5. The molecule has 0 saturated carbocycles. The maximum atomic E-state index is 13.7. The molecular formula is C37H48ClN3O7. The number of carbonyl (C=O) groups is 5. The Kier molecular flexibility index (Phi) is 15.6. The van der Waals surface area contributed by atoms with Gasteiger partial charge in [-0.1, -0.05) is 89.2 Å². The lowest BCUT2D eigenvalue weighted by molar-refractivity contribution is -0.129. The Bertz CT molecular complexity index is 1470. The van der Waals surface area contributed by atoms with E-state index in [9.17, 15) is 24.0 Å². The fraction of sp³-hybridized carbons (Fsp3) is 0.486. The standard InChI is InChI=1S/C37H48ClN3O7/c1-5-6-7-8-9-10-11-12-13-14-15-16-23-48-36(45)27-19-22-29(38)30(24-27)39-34(43)32(33(42)26-17-20-28(47-4)21-18-26)41-35(44)31(25(2)3)40-37(41)46/h17-22,24,32H,5-16,23H2,1-4H3,(H,39,43)(H,40,46). The summed E-state index contributed by atoms with van der Waals surface area (Å²) in [4.78, 5) is 67.0. The van der Waals surface area contributed by atoms with E-state index in [1.807, 2.05) is 0 Å². The molecule has 2 aromatic rings. The summed E-state index contributed by atoms with van der Waals surface area (Å²) in [5.74, 6) is -2.72. The van der Waals surface area contributed by atoms with Crippen LogP contribution in [0.1, 0.15) is 119 Å². The molecule has 0 bridgehead atoms. The van der Waals surface area contributed by atoms with Gasteiger partial charge in [0.1, 0.15) is 11.4 Å². The lowest BCUT2D eigenvalue weighted by Crippen LogP contribution is -2.52. The average molecular weight is 682 g/mol. The van der Waals surface area contributed by atoms with Crippen LogP contribution in [0.15, 0.2) is 53.7 Å². The van der Waals surface area contributed by atoms with Crippen molar-refractivity contribution in [2.45, 2.75) is 104 Å². The van der Waals surface area contributed by atoms with Gasteiger partial charge in [0.25, 0.3) is 11.8 Å². The van der Waals surface area contributed by atoms with Crippen LogP contribution < -0.4 is 15.4 Å². The molecule has 2 N–H and O–H groups in total. The first-order valence-electron chi connectivity index (χ1n) is 16.9. The minimum absolute atomic E-state index is 0.0171. The highest BCUT2D eigenvalue weighted by atomic mass is 35.5. The van der Waals surface area contributed by atoms with Crippen molar-refractivity contribution in [3.05, 3.63) is 69.9 Å². The van der Waals surface area contributed by atoms with E-state index >= 15 is 0 Å². The number of allylic oxidation sites excluding steroid dienone is 1. The molecule has 1 unspecified atom stereocenters. The number of methoxy groups -OCH3 is 1. The van der Waals surface area contributed by atoms with Gasteiger partial charge in [0.05, 0.1) is 30.0 Å². The Balaban J connectivity index is 1.61. The van der Waals surface area contributed by atoms with Gasteiger partial charge in [0, 0.05) is 5.56 Å². The number of rotatable bonds is 20. The molecule has 1 heterocycles. The highest BCUT2D eigenvalue weighted by molar-refractivity contribution is 6.34. The average Bonchev–Trinajstić information content (AvgIpc) is 3.37. The topological polar surface area (TPSA) is 131 Å². The van der Waals surface area contributed by atoms with E-state index in [4.69, 9.17) is 21.1 Å². The summed E-state index contributed by atoms with van der Waals surface area (Å²) >= 11 is 6.36. The Morgan fingerprint density at radius 2 is 1.40 bits per heavy atom. The highest BCUT2D eigenvalue weighted by Gasteiger charge is 2.46. The number of nitrogens with one attached hydrogen (secondary N) is 2. The number of ketones is 1.